The van der Waals surface area contributed by atoms with Gasteiger partial charge < -0.3 is 15.2 Å². The molecular weight excluding hydrogens is 246 g/mol. The van der Waals surface area contributed by atoms with Crippen LogP contribution in [0.3, 0.4) is 0 Å². The van der Waals surface area contributed by atoms with Crippen molar-refractivity contribution in [1.29, 1.82) is 0 Å². The first-order chi connectivity index (χ1) is 9.13. The topological polar surface area (TPSA) is 75.6 Å². The average Bonchev–Trinajstić information content (AvgIpc) is 2.37. The van der Waals surface area contributed by atoms with Crippen LogP contribution >= 0.6 is 0 Å². The van der Waals surface area contributed by atoms with Gasteiger partial charge in [0, 0.05) is 25.6 Å². The second-order valence-electron chi connectivity index (χ2n) is 4.20. The van der Waals surface area contributed by atoms with E-state index in [4.69, 9.17) is 9.84 Å². The normalized spacial score (nSPS) is 10.2. The van der Waals surface area contributed by atoms with Gasteiger partial charge in [0.1, 0.15) is 0 Å². The molecule has 0 fully saturated rings. The molecule has 1 aromatic rings. The Labute approximate surface area is 112 Å². The number of anilines is 1. The minimum absolute atomic E-state index is 0.0126. The lowest BCUT2D eigenvalue weighted by atomic mass is 10.1. The summed E-state index contributed by atoms with van der Waals surface area (Å²) in [5.41, 5.74) is 1.77. The summed E-state index contributed by atoms with van der Waals surface area (Å²) >= 11 is 0. The van der Waals surface area contributed by atoms with E-state index in [1.165, 1.54) is 0 Å². The van der Waals surface area contributed by atoms with Crippen LogP contribution < -0.4 is 5.32 Å². The SMILES string of the molecule is COCCc1ccccc1NC(=O)CCCC(=O)O. The Kier molecular flexibility index (Phi) is 6.60. The standard InChI is InChI=1S/C14H19NO4/c1-19-10-9-11-5-2-3-6-12(11)15-13(16)7-4-8-14(17)18/h2-3,5-6H,4,7-10H2,1H3,(H,15,16)(H,17,18). The van der Waals surface area contributed by atoms with E-state index in [0.717, 1.165) is 17.7 Å². The maximum atomic E-state index is 11.7. The van der Waals surface area contributed by atoms with Crippen molar-refractivity contribution in [2.75, 3.05) is 19.0 Å². The molecule has 104 valence electrons. The Morgan fingerprint density at radius 2 is 2.00 bits per heavy atom. The average molecular weight is 265 g/mol. The second kappa shape index (κ2) is 8.26. The number of carbonyl (C=O) groups excluding carboxylic acids is 1. The number of carbonyl (C=O) groups is 2. The van der Waals surface area contributed by atoms with Crippen LogP contribution in [0.5, 0.6) is 0 Å². The molecular formula is C14H19NO4. The number of carboxylic acid groups (broad SMARTS) is 1. The van der Waals surface area contributed by atoms with Gasteiger partial charge in [0.25, 0.3) is 0 Å². The van der Waals surface area contributed by atoms with Crippen LogP contribution in [-0.4, -0.2) is 30.7 Å². The van der Waals surface area contributed by atoms with Crippen molar-refractivity contribution < 1.29 is 19.4 Å². The maximum Gasteiger partial charge on any atom is 0.303 e. The second-order valence-corrected chi connectivity index (χ2v) is 4.20. The fraction of sp³-hybridized carbons (Fsp3) is 0.429. The summed E-state index contributed by atoms with van der Waals surface area (Å²) in [6.07, 6.45) is 1.30. The van der Waals surface area contributed by atoms with E-state index in [1.807, 2.05) is 24.3 Å². The first-order valence-electron chi connectivity index (χ1n) is 6.22. The van der Waals surface area contributed by atoms with Crippen LogP contribution in [0.2, 0.25) is 0 Å². The van der Waals surface area contributed by atoms with Crippen molar-refractivity contribution in [3.63, 3.8) is 0 Å². The molecule has 0 spiro atoms. The zero-order valence-electron chi connectivity index (χ0n) is 11.0. The lowest BCUT2D eigenvalue weighted by molar-refractivity contribution is -0.137. The molecule has 0 saturated carbocycles. The number of methoxy groups -OCH3 is 1. The minimum Gasteiger partial charge on any atom is -0.481 e. The zero-order valence-corrected chi connectivity index (χ0v) is 11.0. The summed E-state index contributed by atoms with van der Waals surface area (Å²) in [5, 5.41) is 11.3. The van der Waals surface area contributed by atoms with Crippen molar-refractivity contribution in [3.05, 3.63) is 29.8 Å². The highest BCUT2D eigenvalue weighted by Crippen LogP contribution is 2.16. The highest BCUT2D eigenvalue weighted by molar-refractivity contribution is 5.91. The van der Waals surface area contributed by atoms with Gasteiger partial charge in [0.2, 0.25) is 5.91 Å². The van der Waals surface area contributed by atoms with E-state index in [2.05, 4.69) is 5.32 Å². The van der Waals surface area contributed by atoms with Gasteiger partial charge >= 0.3 is 5.97 Å². The van der Waals surface area contributed by atoms with Gasteiger partial charge in [-0.1, -0.05) is 18.2 Å². The van der Waals surface area contributed by atoms with Crippen molar-refractivity contribution in [2.24, 2.45) is 0 Å². The van der Waals surface area contributed by atoms with Crippen LogP contribution in [0.4, 0.5) is 5.69 Å². The summed E-state index contributed by atoms with van der Waals surface area (Å²) < 4.78 is 5.02. The first kappa shape index (κ1) is 15.2. The van der Waals surface area contributed by atoms with Gasteiger partial charge in [-0.25, -0.2) is 0 Å². The molecule has 2 N–H and O–H groups in total. The third-order valence-corrected chi connectivity index (χ3v) is 2.66. The lowest BCUT2D eigenvalue weighted by Gasteiger charge is -2.10. The van der Waals surface area contributed by atoms with E-state index in [1.54, 1.807) is 7.11 Å². The number of nitrogens with one attached hydrogen (secondary N) is 1. The molecule has 0 radical (unpaired) electrons. The minimum atomic E-state index is -0.881. The number of rotatable bonds is 8. The molecule has 0 aliphatic carbocycles. The van der Waals surface area contributed by atoms with Gasteiger partial charge in [-0.3, -0.25) is 9.59 Å². The Morgan fingerprint density at radius 3 is 2.68 bits per heavy atom. The summed E-state index contributed by atoms with van der Waals surface area (Å²) in [5.74, 6) is -1.04. The molecule has 0 atom stereocenters. The highest BCUT2D eigenvalue weighted by atomic mass is 16.5. The van der Waals surface area contributed by atoms with E-state index in [-0.39, 0.29) is 18.7 Å². The quantitative estimate of drug-likeness (QED) is 0.754. The third-order valence-electron chi connectivity index (χ3n) is 2.66. The first-order valence-corrected chi connectivity index (χ1v) is 6.22. The molecule has 0 unspecified atom stereocenters. The Balaban J connectivity index is 2.51. The van der Waals surface area contributed by atoms with E-state index >= 15 is 0 Å². The van der Waals surface area contributed by atoms with Crippen LogP contribution in [0.1, 0.15) is 24.8 Å². The van der Waals surface area contributed by atoms with Crippen molar-refractivity contribution in [1.82, 2.24) is 0 Å². The molecule has 5 heteroatoms. The highest BCUT2D eigenvalue weighted by Gasteiger charge is 2.07. The Hall–Kier alpha value is -1.88. The van der Waals surface area contributed by atoms with Crippen LogP contribution in [0.25, 0.3) is 0 Å². The van der Waals surface area contributed by atoms with E-state index in [0.29, 0.717) is 13.0 Å². The number of para-hydroxylation sites is 1. The number of hydrogen-bond donors (Lipinski definition) is 2. The van der Waals surface area contributed by atoms with Crippen molar-refractivity contribution >= 4 is 17.6 Å². The van der Waals surface area contributed by atoms with Crippen LogP contribution in [0.15, 0.2) is 24.3 Å². The van der Waals surface area contributed by atoms with Crippen molar-refractivity contribution in [3.8, 4) is 0 Å². The molecule has 1 amide bonds. The number of amides is 1. The molecule has 0 bridgehead atoms. The Bertz CT molecular complexity index is 431. The molecule has 0 heterocycles. The predicted octanol–water partition coefficient (Wildman–Crippen LogP) is 2.07. The van der Waals surface area contributed by atoms with Gasteiger partial charge in [-0.05, 0) is 24.5 Å². The number of ether oxygens (including phenoxy) is 1. The molecule has 0 saturated heterocycles. The Morgan fingerprint density at radius 1 is 1.26 bits per heavy atom. The molecule has 5 nitrogen and oxygen atoms in total. The monoisotopic (exact) mass is 265 g/mol. The number of carboxylic acids is 1. The largest absolute Gasteiger partial charge is 0.481 e. The predicted molar refractivity (Wildman–Crippen MR) is 72.1 cm³/mol. The summed E-state index contributed by atoms with van der Waals surface area (Å²) in [6.45, 7) is 0.589. The molecule has 0 aromatic heterocycles. The number of benzene rings is 1. The van der Waals surface area contributed by atoms with Gasteiger partial charge in [-0.15, -0.1) is 0 Å². The maximum absolute atomic E-state index is 11.7. The molecule has 0 aliphatic rings. The van der Waals surface area contributed by atoms with E-state index < -0.39 is 5.97 Å². The number of aliphatic carboxylic acids is 1. The van der Waals surface area contributed by atoms with Gasteiger partial charge in [-0.2, -0.15) is 0 Å². The fourth-order valence-electron chi connectivity index (χ4n) is 1.69. The number of hydrogen-bond acceptors (Lipinski definition) is 3. The third kappa shape index (κ3) is 6.01. The summed E-state index contributed by atoms with van der Waals surface area (Å²) in [4.78, 5) is 22.1. The molecule has 0 aliphatic heterocycles. The molecule has 19 heavy (non-hydrogen) atoms. The molecule has 1 aromatic carbocycles. The van der Waals surface area contributed by atoms with Crippen molar-refractivity contribution in [2.45, 2.75) is 25.7 Å². The van der Waals surface area contributed by atoms with E-state index in [9.17, 15) is 9.59 Å². The van der Waals surface area contributed by atoms with Crippen LogP contribution in [-0.2, 0) is 20.7 Å². The zero-order chi connectivity index (χ0) is 14.1. The molecule has 1 rings (SSSR count). The smallest absolute Gasteiger partial charge is 0.303 e. The van der Waals surface area contributed by atoms with Gasteiger partial charge in [0.15, 0.2) is 0 Å². The van der Waals surface area contributed by atoms with Gasteiger partial charge in [0.05, 0.1) is 6.61 Å². The van der Waals surface area contributed by atoms with Crippen LogP contribution in [0, 0.1) is 0 Å². The summed E-state index contributed by atoms with van der Waals surface area (Å²) in [7, 11) is 1.63. The fourth-order valence-corrected chi connectivity index (χ4v) is 1.69. The lowest BCUT2D eigenvalue weighted by Crippen LogP contribution is -2.13. The summed E-state index contributed by atoms with van der Waals surface area (Å²) in [6, 6.07) is 7.53.